The second kappa shape index (κ2) is 8.34. The summed E-state index contributed by atoms with van der Waals surface area (Å²) in [5.74, 6) is -1.03. The third-order valence-corrected chi connectivity index (χ3v) is 5.70. The molecule has 1 aromatic carbocycles. The van der Waals surface area contributed by atoms with Gasteiger partial charge >= 0.3 is 0 Å². The van der Waals surface area contributed by atoms with Crippen molar-refractivity contribution in [1.82, 2.24) is 24.9 Å². The van der Waals surface area contributed by atoms with Gasteiger partial charge in [-0.05, 0) is 35.8 Å². The van der Waals surface area contributed by atoms with Crippen LogP contribution in [0, 0.1) is 5.92 Å². The zero-order chi connectivity index (χ0) is 22.9. The van der Waals surface area contributed by atoms with Gasteiger partial charge in [0.25, 0.3) is 11.8 Å². The Morgan fingerprint density at radius 2 is 1.94 bits per heavy atom. The Morgan fingerprint density at radius 1 is 1.06 bits per heavy atom. The van der Waals surface area contributed by atoms with E-state index in [0.717, 1.165) is 16.7 Å². The molecule has 9 nitrogen and oxygen atoms in total. The quantitative estimate of drug-likeness (QED) is 0.553. The monoisotopic (exact) mass is 442 g/mol. The molecule has 2 amide bonds. The molecule has 166 valence electrons. The van der Waals surface area contributed by atoms with Crippen molar-refractivity contribution in [3.05, 3.63) is 83.5 Å². The number of nitrogens with zero attached hydrogens (tertiary/aromatic N) is 4. The number of aromatic nitrogens is 4. The molecule has 0 spiro atoms. The standard InChI is InChI=1S/C24H22N6O3/c1-29-14-20-22(28-29)24(33)25-7-8-30-13-19(12-26-30)16-5-6-21(31)18(11-16)10-15-3-2-4-17(9-15)23(32)27-20/h2-6,9,11-14,18H,7-8,10H2,1H3,(H,25,33)(H,27,32). The maximum absolute atomic E-state index is 12.9. The molecule has 2 aromatic heterocycles. The Kier molecular flexibility index (Phi) is 5.21. The lowest BCUT2D eigenvalue weighted by Gasteiger charge is -2.16. The second-order valence-electron chi connectivity index (χ2n) is 8.14. The maximum atomic E-state index is 12.9. The number of anilines is 1. The van der Waals surface area contributed by atoms with Crippen LogP contribution >= 0.6 is 0 Å². The number of nitrogens with one attached hydrogen (secondary N) is 2. The van der Waals surface area contributed by atoms with Crippen LogP contribution in [0.25, 0.3) is 5.57 Å². The molecule has 1 aliphatic carbocycles. The van der Waals surface area contributed by atoms with Gasteiger partial charge in [-0.15, -0.1) is 0 Å². The molecular weight excluding hydrogens is 420 g/mol. The molecule has 3 aromatic rings. The largest absolute Gasteiger partial charge is 0.349 e. The SMILES string of the molecule is Cn1cc2c(n1)C(=O)NCCn1cc(cn1)C1=CC(Cc3cccc(c3)C(=O)N2)C(=O)C=C1. The van der Waals surface area contributed by atoms with Crippen molar-refractivity contribution in [3.63, 3.8) is 0 Å². The molecule has 0 fully saturated rings. The highest BCUT2D eigenvalue weighted by Crippen LogP contribution is 2.26. The summed E-state index contributed by atoms with van der Waals surface area (Å²) in [5, 5.41) is 14.2. The fourth-order valence-electron chi connectivity index (χ4n) is 4.04. The van der Waals surface area contributed by atoms with Crippen molar-refractivity contribution in [2.24, 2.45) is 13.0 Å². The number of ketones is 1. The van der Waals surface area contributed by atoms with Crippen LogP contribution in [0.1, 0.15) is 32.0 Å². The van der Waals surface area contributed by atoms with Gasteiger partial charge in [0.05, 0.1) is 18.4 Å². The Labute approximate surface area is 189 Å². The van der Waals surface area contributed by atoms with Crippen LogP contribution in [-0.2, 0) is 24.8 Å². The number of aryl methyl sites for hydroxylation is 1. The summed E-state index contributed by atoms with van der Waals surface area (Å²) < 4.78 is 3.22. The number of rotatable bonds is 0. The minimum Gasteiger partial charge on any atom is -0.349 e. The minimum absolute atomic E-state index is 0.0260. The Balaban J connectivity index is 1.53. The predicted octanol–water partition coefficient (Wildman–Crippen LogP) is 1.99. The lowest BCUT2D eigenvalue weighted by atomic mass is 9.87. The van der Waals surface area contributed by atoms with E-state index < -0.39 is 0 Å². The van der Waals surface area contributed by atoms with Gasteiger partial charge in [-0.25, -0.2) is 0 Å². The van der Waals surface area contributed by atoms with E-state index in [0.29, 0.717) is 30.8 Å². The van der Waals surface area contributed by atoms with E-state index in [1.54, 1.807) is 54.5 Å². The average Bonchev–Trinajstić information content (AvgIpc) is 3.41. The predicted molar refractivity (Wildman–Crippen MR) is 121 cm³/mol. The Bertz CT molecular complexity index is 1330. The molecule has 0 saturated heterocycles. The summed E-state index contributed by atoms with van der Waals surface area (Å²) in [4.78, 5) is 38.2. The Morgan fingerprint density at radius 3 is 2.82 bits per heavy atom. The number of allylic oxidation sites excluding steroid dienone is 4. The molecule has 1 aliphatic heterocycles. The van der Waals surface area contributed by atoms with Crippen LogP contribution in [0.15, 0.2) is 61.1 Å². The molecule has 0 radical (unpaired) electrons. The molecule has 2 aliphatic rings. The molecule has 1 atom stereocenters. The molecule has 3 heterocycles. The van der Waals surface area contributed by atoms with Crippen molar-refractivity contribution >= 4 is 28.9 Å². The number of hydrogen-bond acceptors (Lipinski definition) is 5. The van der Waals surface area contributed by atoms with E-state index in [2.05, 4.69) is 20.8 Å². The van der Waals surface area contributed by atoms with Gasteiger partial charge in [0, 0.05) is 43.0 Å². The van der Waals surface area contributed by atoms with Crippen molar-refractivity contribution in [1.29, 1.82) is 0 Å². The van der Waals surface area contributed by atoms with Crippen LogP contribution in [0.2, 0.25) is 0 Å². The lowest BCUT2D eigenvalue weighted by Crippen LogP contribution is -2.29. The van der Waals surface area contributed by atoms with Crippen LogP contribution in [0.4, 0.5) is 5.69 Å². The number of carbonyl (C=O) groups excluding carboxylic acids is 3. The summed E-state index contributed by atoms with van der Waals surface area (Å²) in [6, 6.07) is 7.16. The van der Waals surface area contributed by atoms with Crippen molar-refractivity contribution < 1.29 is 14.4 Å². The molecule has 1 unspecified atom stereocenters. The molecule has 6 bridgehead atoms. The smallest absolute Gasteiger partial charge is 0.274 e. The van der Waals surface area contributed by atoms with Gasteiger partial charge in [-0.1, -0.05) is 24.3 Å². The lowest BCUT2D eigenvalue weighted by molar-refractivity contribution is -0.116. The van der Waals surface area contributed by atoms with E-state index >= 15 is 0 Å². The summed E-state index contributed by atoms with van der Waals surface area (Å²) >= 11 is 0. The molecule has 5 rings (SSSR count). The third-order valence-electron chi connectivity index (χ3n) is 5.70. The number of benzene rings is 1. The number of hydrogen-bond donors (Lipinski definition) is 2. The van der Waals surface area contributed by atoms with Gasteiger partial charge in [-0.2, -0.15) is 10.2 Å². The minimum atomic E-state index is -0.382. The van der Waals surface area contributed by atoms with Gasteiger partial charge in [-0.3, -0.25) is 23.7 Å². The summed E-state index contributed by atoms with van der Waals surface area (Å²) in [5.41, 5.74) is 3.59. The van der Waals surface area contributed by atoms with E-state index in [1.165, 1.54) is 4.68 Å². The zero-order valence-corrected chi connectivity index (χ0v) is 18.0. The Hall–Kier alpha value is -4.27. The first-order chi connectivity index (χ1) is 16.0. The van der Waals surface area contributed by atoms with Gasteiger partial charge in [0.15, 0.2) is 11.5 Å². The van der Waals surface area contributed by atoms with Crippen molar-refractivity contribution in [2.45, 2.75) is 13.0 Å². The van der Waals surface area contributed by atoms with E-state index in [-0.39, 0.29) is 29.2 Å². The number of amides is 2. The fraction of sp³-hybridized carbons (Fsp3) is 0.208. The highest BCUT2D eigenvalue weighted by molar-refractivity contribution is 6.08. The molecular formula is C24H22N6O3. The summed E-state index contributed by atoms with van der Waals surface area (Å²) in [6.07, 6.45) is 11.0. The highest BCUT2D eigenvalue weighted by Gasteiger charge is 2.22. The molecule has 2 N–H and O–H groups in total. The van der Waals surface area contributed by atoms with E-state index in [1.807, 2.05) is 18.3 Å². The maximum Gasteiger partial charge on any atom is 0.274 e. The first-order valence-electron chi connectivity index (χ1n) is 10.6. The third kappa shape index (κ3) is 4.25. The summed E-state index contributed by atoms with van der Waals surface area (Å²) in [6.45, 7) is 0.798. The number of carbonyl (C=O) groups is 3. The molecule has 33 heavy (non-hydrogen) atoms. The van der Waals surface area contributed by atoms with E-state index in [4.69, 9.17) is 0 Å². The highest BCUT2D eigenvalue weighted by atomic mass is 16.2. The van der Waals surface area contributed by atoms with E-state index in [9.17, 15) is 14.4 Å². The van der Waals surface area contributed by atoms with Gasteiger partial charge in [0.2, 0.25) is 0 Å². The second-order valence-corrected chi connectivity index (χ2v) is 8.14. The first-order valence-corrected chi connectivity index (χ1v) is 10.6. The average molecular weight is 442 g/mol. The van der Waals surface area contributed by atoms with Gasteiger partial charge in [0.1, 0.15) is 0 Å². The van der Waals surface area contributed by atoms with Gasteiger partial charge < -0.3 is 10.6 Å². The number of fused-ring (bicyclic) bond motifs is 7. The molecule has 0 saturated carbocycles. The zero-order valence-electron chi connectivity index (χ0n) is 18.0. The molecule has 9 heteroatoms. The normalized spacial score (nSPS) is 18.5. The van der Waals surface area contributed by atoms with Crippen LogP contribution in [-0.4, -0.2) is 43.7 Å². The van der Waals surface area contributed by atoms with Crippen LogP contribution in [0.3, 0.4) is 0 Å². The fourth-order valence-corrected chi connectivity index (χ4v) is 4.04. The first kappa shape index (κ1) is 20.6. The topological polar surface area (TPSA) is 111 Å². The van der Waals surface area contributed by atoms with Crippen LogP contribution in [0.5, 0.6) is 0 Å². The summed E-state index contributed by atoms with van der Waals surface area (Å²) in [7, 11) is 1.69. The van der Waals surface area contributed by atoms with Crippen molar-refractivity contribution in [3.8, 4) is 0 Å². The van der Waals surface area contributed by atoms with Crippen LogP contribution < -0.4 is 10.6 Å². The van der Waals surface area contributed by atoms with Crippen molar-refractivity contribution in [2.75, 3.05) is 11.9 Å².